The molecule has 1 aliphatic rings. The number of nitrogens with zero attached hydrogens (tertiary/aromatic N) is 3. The van der Waals surface area contributed by atoms with Gasteiger partial charge in [0.05, 0.1) is 11.8 Å². The summed E-state index contributed by atoms with van der Waals surface area (Å²) in [7, 11) is 3.80. The molecule has 0 saturated carbocycles. The first-order valence-corrected chi connectivity index (χ1v) is 6.35. The summed E-state index contributed by atoms with van der Waals surface area (Å²) in [4.78, 5) is 19.9. The van der Waals surface area contributed by atoms with Crippen LogP contribution in [0.1, 0.15) is 23.2 Å². The first-order valence-electron chi connectivity index (χ1n) is 6.35. The minimum atomic E-state index is -0.547. The zero-order valence-corrected chi connectivity index (χ0v) is 11.3. The number of pyridine rings is 1. The second-order valence-corrected chi connectivity index (χ2v) is 5.04. The van der Waals surface area contributed by atoms with Crippen LogP contribution in [0, 0.1) is 5.82 Å². The number of aromatic nitrogens is 1. The number of halogens is 1. The van der Waals surface area contributed by atoms with E-state index in [-0.39, 0.29) is 23.3 Å². The number of anilines is 1. The van der Waals surface area contributed by atoms with Crippen molar-refractivity contribution >= 4 is 11.7 Å². The fourth-order valence-corrected chi connectivity index (χ4v) is 2.36. The highest BCUT2D eigenvalue weighted by Gasteiger charge is 2.26. The molecule has 0 radical (unpaired) electrons. The molecule has 0 aliphatic carbocycles. The molecule has 2 rings (SSSR count). The van der Waals surface area contributed by atoms with Crippen LogP contribution in [0.25, 0.3) is 0 Å². The highest BCUT2D eigenvalue weighted by Crippen LogP contribution is 2.19. The van der Waals surface area contributed by atoms with Gasteiger partial charge in [0.2, 0.25) is 0 Å². The summed E-state index contributed by atoms with van der Waals surface area (Å²) in [5.41, 5.74) is 5.79. The molecule has 0 aromatic carbocycles. The van der Waals surface area contributed by atoms with E-state index in [1.807, 2.05) is 0 Å². The van der Waals surface area contributed by atoms with Crippen LogP contribution < -0.4 is 5.73 Å². The topological polar surface area (TPSA) is 62.5 Å². The number of carbonyl (C=O) groups excluding carboxylic acids is 1. The van der Waals surface area contributed by atoms with Crippen molar-refractivity contribution in [1.82, 2.24) is 14.8 Å². The largest absolute Gasteiger partial charge is 0.383 e. The molecular formula is C13H19FN4O. The fourth-order valence-electron chi connectivity index (χ4n) is 2.36. The zero-order chi connectivity index (χ0) is 14.0. The Hall–Kier alpha value is -1.69. The molecule has 1 saturated heterocycles. The molecule has 0 bridgehead atoms. The molecule has 6 heteroatoms. The Morgan fingerprint density at radius 1 is 1.53 bits per heavy atom. The fraction of sp³-hybridized carbons (Fsp3) is 0.538. The van der Waals surface area contributed by atoms with Crippen molar-refractivity contribution in [1.29, 1.82) is 0 Å². The number of nitrogens with two attached hydrogens (primary N) is 1. The van der Waals surface area contributed by atoms with Crippen LogP contribution in [0.4, 0.5) is 10.2 Å². The number of likely N-dealkylation sites (tertiary alicyclic amines) is 1. The second-order valence-electron chi connectivity index (χ2n) is 5.04. The Bertz CT molecular complexity index is 472. The predicted octanol–water partition coefficient (Wildman–Crippen LogP) is 0.969. The van der Waals surface area contributed by atoms with Gasteiger partial charge in [0.25, 0.3) is 5.91 Å². The van der Waals surface area contributed by atoms with E-state index in [0.29, 0.717) is 0 Å². The third kappa shape index (κ3) is 3.01. The van der Waals surface area contributed by atoms with Gasteiger partial charge in [0, 0.05) is 13.1 Å². The van der Waals surface area contributed by atoms with Crippen molar-refractivity contribution in [3.05, 3.63) is 23.6 Å². The number of rotatable bonds is 2. The van der Waals surface area contributed by atoms with Gasteiger partial charge >= 0.3 is 0 Å². The average Bonchev–Trinajstić information content (AvgIpc) is 2.41. The lowest BCUT2D eigenvalue weighted by Crippen LogP contribution is -2.44. The first kappa shape index (κ1) is 13.7. The third-order valence-corrected chi connectivity index (χ3v) is 3.67. The number of amides is 1. The SMILES string of the molecule is CN1CCC(N(C)C(=O)c2cc(F)cnc2N)CC1. The molecule has 1 aromatic heterocycles. The highest BCUT2D eigenvalue weighted by molar-refractivity contribution is 5.98. The van der Waals surface area contributed by atoms with Gasteiger partial charge in [-0.15, -0.1) is 0 Å². The molecule has 19 heavy (non-hydrogen) atoms. The molecule has 104 valence electrons. The molecule has 0 unspecified atom stereocenters. The Balaban J connectivity index is 2.12. The second kappa shape index (κ2) is 5.52. The Kier molecular flexibility index (Phi) is 3.99. The molecule has 5 nitrogen and oxygen atoms in total. The number of nitrogen functional groups attached to an aromatic ring is 1. The zero-order valence-electron chi connectivity index (χ0n) is 11.3. The predicted molar refractivity (Wildman–Crippen MR) is 71.2 cm³/mol. The summed E-state index contributed by atoms with van der Waals surface area (Å²) >= 11 is 0. The van der Waals surface area contributed by atoms with E-state index < -0.39 is 5.82 Å². The van der Waals surface area contributed by atoms with Gasteiger partial charge in [-0.1, -0.05) is 0 Å². The van der Waals surface area contributed by atoms with Gasteiger partial charge in [-0.25, -0.2) is 9.37 Å². The van der Waals surface area contributed by atoms with E-state index in [2.05, 4.69) is 16.9 Å². The van der Waals surface area contributed by atoms with Gasteiger partial charge in [0.15, 0.2) is 0 Å². The van der Waals surface area contributed by atoms with Crippen molar-refractivity contribution in [3.8, 4) is 0 Å². The minimum Gasteiger partial charge on any atom is -0.383 e. The third-order valence-electron chi connectivity index (χ3n) is 3.67. The van der Waals surface area contributed by atoms with Crippen LogP contribution in [-0.4, -0.2) is 53.9 Å². The maximum absolute atomic E-state index is 13.2. The Morgan fingerprint density at radius 3 is 2.79 bits per heavy atom. The molecule has 1 amide bonds. The average molecular weight is 266 g/mol. The smallest absolute Gasteiger partial charge is 0.257 e. The summed E-state index contributed by atoms with van der Waals surface area (Å²) in [6.07, 6.45) is 2.85. The van der Waals surface area contributed by atoms with E-state index in [1.54, 1.807) is 11.9 Å². The van der Waals surface area contributed by atoms with Gasteiger partial charge in [-0.05, 0) is 39.0 Å². The number of piperidine rings is 1. The number of hydrogen-bond acceptors (Lipinski definition) is 4. The van der Waals surface area contributed by atoms with Crippen molar-refractivity contribution in [2.24, 2.45) is 0 Å². The van der Waals surface area contributed by atoms with Crippen LogP contribution in [0.5, 0.6) is 0 Å². The summed E-state index contributed by atoms with van der Waals surface area (Å²) in [5.74, 6) is -0.737. The van der Waals surface area contributed by atoms with Crippen LogP contribution in [0.2, 0.25) is 0 Å². The normalized spacial score (nSPS) is 17.4. The lowest BCUT2D eigenvalue weighted by atomic mass is 10.0. The maximum atomic E-state index is 13.2. The van der Waals surface area contributed by atoms with E-state index >= 15 is 0 Å². The summed E-state index contributed by atoms with van der Waals surface area (Å²) in [6.45, 7) is 1.92. The van der Waals surface area contributed by atoms with Gasteiger partial charge < -0.3 is 15.5 Å². The lowest BCUT2D eigenvalue weighted by molar-refractivity contribution is 0.0660. The van der Waals surface area contributed by atoms with Crippen molar-refractivity contribution in [2.45, 2.75) is 18.9 Å². The van der Waals surface area contributed by atoms with Gasteiger partial charge in [0.1, 0.15) is 11.6 Å². The van der Waals surface area contributed by atoms with E-state index in [9.17, 15) is 9.18 Å². The van der Waals surface area contributed by atoms with Crippen molar-refractivity contribution in [3.63, 3.8) is 0 Å². The minimum absolute atomic E-state index is 0.0752. The lowest BCUT2D eigenvalue weighted by Gasteiger charge is -2.35. The molecular weight excluding hydrogens is 247 g/mol. The molecule has 1 aromatic rings. The van der Waals surface area contributed by atoms with E-state index in [4.69, 9.17) is 5.73 Å². The van der Waals surface area contributed by atoms with Crippen LogP contribution in [0.15, 0.2) is 12.3 Å². The van der Waals surface area contributed by atoms with Crippen LogP contribution in [-0.2, 0) is 0 Å². The summed E-state index contributed by atoms with van der Waals surface area (Å²) in [6, 6.07) is 1.32. The molecule has 0 spiro atoms. The number of hydrogen-bond donors (Lipinski definition) is 1. The van der Waals surface area contributed by atoms with Crippen molar-refractivity contribution in [2.75, 3.05) is 32.9 Å². The monoisotopic (exact) mass is 266 g/mol. The Morgan fingerprint density at radius 2 is 2.16 bits per heavy atom. The van der Waals surface area contributed by atoms with Crippen LogP contribution >= 0.6 is 0 Å². The quantitative estimate of drug-likeness (QED) is 0.866. The highest BCUT2D eigenvalue weighted by atomic mass is 19.1. The molecule has 2 N–H and O–H groups in total. The Labute approximate surface area is 112 Å². The van der Waals surface area contributed by atoms with Crippen molar-refractivity contribution < 1.29 is 9.18 Å². The maximum Gasteiger partial charge on any atom is 0.257 e. The standard InChI is InChI=1S/C13H19FN4O/c1-17-5-3-10(4-6-17)18(2)13(19)11-7-9(14)8-16-12(11)15/h7-8,10H,3-6H2,1-2H3,(H2,15,16). The van der Waals surface area contributed by atoms with Gasteiger partial charge in [-0.2, -0.15) is 0 Å². The van der Waals surface area contributed by atoms with E-state index in [0.717, 1.165) is 38.2 Å². The molecule has 2 heterocycles. The summed E-state index contributed by atoms with van der Waals surface area (Å²) in [5, 5.41) is 0. The molecule has 1 fully saturated rings. The molecule has 0 atom stereocenters. The van der Waals surface area contributed by atoms with Crippen LogP contribution in [0.3, 0.4) is 0 Å². The molecule has 1 aliphatic heterocycles. The number of carbonyl (C=O) groups is 1. The first-order chi connectivity index (χ1) is 8.99. The van der Waals surface area contributed by atoms with E-state index in [1.165, 1.54) is 0 Å². The summed E-state index contributed by atoms with van der Waals surface area (Å²) < 4.78 is 13.2. The van der Waals surface area contributed by atoms with Gasteiger partial charge in [-0.3, -0.25) is 4.79 Å².